The zero-order valence-corrected chi connectivity index (χ0v) is 18.1. The highest BCUT2D eigenvalue weighted by atomic mass is 19.1. The zero-order valence-electron chi connectivity index (χ0n) is 18.1. The van der Waals surface area contributed by atoms with Crippen LogP contribution in [0.4, 0.5) is 4.39 Å². The maximum Gasteiger partial charge on any atom is 0.317 e. The van der Waals surface area contributed by atoms with Crippen molar-refractivity contribution in [2.45, 2.75) is 27.3 Å². The smallest absolute Gasteiger partial charge is 0.317 e. The van der Waals surface area contributed by atoms with Crippen molar-refractivity contribution < 1.29 is 19.0 Å². The van der Waals surface area contributed by atoms with Gasteiger partial charge in [0.1, 0.15) is 29.0 Å². The number of ether oxygens (including phenoxy) is 1. The van der Waals surface area contributed by atoms with Crippen LogP contribution in [0.1, 0.15) is 32.0 Å². The molecule has 3 rings (SSSR count). The van der Waals surface area contributed by atoms with Gasteiger partial charge < -0.3 is 9.84 Å². The van der Waals surface area contributed by atoms with Crippen LogP contribution in [0.25, 0.3) is 11.0 Å². The molecule has 32 heavy (non-hydrogen) atoms. The van der Waals surface area contributed by atoms with E-state index in [1.807, 2.05) is 0 Å². The van der Waals surface area contributed by atoms with Crippen molar-refractivity contribution >= 4 is 29.4 Å². The number of aliphatic hydroxyl groups excluding tert-OH is 1. The third-order valence-electron chi connectivity index (χ3n) is 4.77. The number of aromatic nitrogens is 5. The molecule has 0 saturated carbocycles. The van der Waals surface area contributed by atoms with Gasteiger partial charge >= 0.3 is 5.97 Å². The number of aliphatic imine (C=N–C) groups is 2. The predicted molar refractivity (Wildman–Crippen MR) is 116 cm³/mol. The van der Waals surface area contributed by atoms with Crippen LogP contribution in [0.15, 0.2) is 52.5 Å². The number of aliphatic hydroxyl groups is 1. The number of fused-ring (bicyclic) bond motifs is 1. The average molecular weight is 439 g/mol. The monoisotopic (exact) mass is 439 g/mol. The Morgan fingerprint density at radius 2 is 2.00 bits per heavy atom. The fourth-order valence-electron chi connectivity index (χ4n) is 3.16. The molecular weight excluding hydrogens is 417 g/mol. The first-order valence-corrected chi connectivity index (χ1v) is 9.49. The fourth-order valence-corrected chi connectivity index (χ4v) is 3.16. The topological polar surface area (TPSA) is 128 Å². The Morgan fingerprint density at radius 1 is 1.31 bits per heavy atom. The highest BCUT2D eigenvalue weighted by molar-refractivity contribution is 6.07. The van der Waals surface area contributed by atoms with E-state index < -0.39 is 23.1 Å². The molecule has 11 heteroatoms. The van der Waals surface area contributed by atoms with Crippen LogP contribution in [-0.2, 0) is 16.1 Å². The summed E-state index contributed by atoms with van der Waals surface area (Å²) in [5.41, 5.74) is 0.370. The molecule has 0 aliphatic rings. The molecule has 10 nitrogen and oxygen atoms in total. The lowest BCUT2D eigenvalue weighted by molar-refractivity contribution is -0.148. The summed E-state index contributed by atoms with van der Waals surface area (Å²) >= 11 is 0. The molecule has 0 fully saturated rings. The van der Waals surface area contributed by atoms with E-state index in [-0.39, 0.29) is 11.4 Å². The summed E-state index contributed by atoms with van der Waals surface area (Å²) in [6.07, 6.45) is 5.78. The van der Waals surface area contributed by atoms with Crippen molar-refractivity contribution in [1.82, 2.24) is 24.7 Å². The van der Waals surface area contributed by atoms with Gasteiger partial charge in [0, 0.05) is 18.0 Å². The van der Waals surface area contributed by atoms with Gasteiger partial charge in [0.2, 0.25) is 5.88 Å². The summed E-state index contributed by atoms with van der Waals surface area (Å²) in [7, 11) is 1.23. The molecule has 166 valence electrons. The van der Waals surface area contributed by atoms with Gasteiger partial charge in [-0.25, -0.2) is 29.0 Å². The van der Waals surface area contributed by atoms with Crippen molar-refractivity contribution in [2.75, 3.05) is 7.11 Å². The molecule has 0 amide bonds. The number of methoxy groups -OCH3 is 1. The Balaban J connectivity index is 2.12. The van der Waals surface area contributed by atoms with E-state index in [0.29, 0.717) is 23.3 Å². The highest BCUT2D eigenvalue weighted by Crippen LogP contribution is 2.31. The highest BCUT2D eigenvalue weighted by Gasteiger charge is 2.36. The molecule has 0 aromatic carbocycles. The fraction of sp³-hybridized carbons (Fsp3) is 0.286. The summed E-state index contributed by atoms with van der Waals surface area (Å²) in [5.74, 6) is -1.70. The summed E-state index contributed by atoms with van der Waals surface area (Å²) in [5, 5.41) is 15.5. The third kappa shape index (κ3) is 4.36. The van der Waals surface area contributed by atoms with Crippen LogP contribution in [0.5, 0.6) is 0 Å². The number of pyridine rings is 1. The zero-order chi connectivity index (χ0) is 23.5. The van der Waals surface area contributed by atoms with Crippen LogP contribution in [-0.4, -0.2) is 55.3 Å². The SMILES string of the molecule is C=N/C(=C(O)\N=C(/C)c1nn(Cc2cncnc2)c2ncc(F)cc12)C(C)(C)C(=O)OC. The number of esters is 1. The largest absolute Gasteiger partial charge is 0.492 e. The molecule has 0 spiro atoms. The Kier molecular flexibility index (Phi) is 6.37. The molecule has 0 aliphatic carbocycles. The van der Waals surface area contributed by atoms with Crippen molar-refractivity contribution in [3.63, 3.8) is 0 Å². The lowest BCUT2D eigenvalue weighted by atomic mass is 9.89. The normalized spacial score (nSPS) is 13.1. The lowest BCUT2D eigenvalue weighted by Crippen LogP contribution is -2.28. The van der Waals surface area contributed by atoms with E-state index in [9.17, 15) is 14.3 Å². The molecular formula is C21H22FN7O3. The average Bonchev–Trinajstić information content (AvgIpc) is 3.11. The van der Waals surface area contributed by atoms with Crippen LogP contribution in [0.3, 0.4) is 0 Å². The van der Waals surface area contributed by atoms with Crippen LogP contribution >= 0.6 is 0 Å². The molecule has 0 radical (unpaired) electrons. The van der Waals surface area contributed by atoms with E-state index in [1.54, 1.807) is 24.0 Å². The molecule has 3 aromatic heterocycles. The van der Waals surface area contributed by atoms with Gasteiger partial charge in [0.15, 0.2) is 5.65 Å². The second-order valence-electron chi connectivity index (χ2n) is 7.42. The van der Waals surface area contributed by atoms with Crippen molar-refractivity contribution in [3.8, 4) is 0 Å². The number of carbonyl (C=O) groups is 1. The number of rotatable bonds is 7. The number of carbonyl (C=O) groups excluding carboxylic acids is 1. The molecule has 0 saturated heterocycles. The first kappa shape index (κ1) is 22.7. The maximum atomic E-state index is 14.0. The number of nitrogens with zero attached hydrogens (tertiary/aromatic N) is 7. The van der Waals surface area contributed by atoms with Gasteiger partial charge in [-0.2, -0.15) is 5.10 Å². The molecule has 3 heterocycles. The Bertz CT molecular complexity index is 1230. The minimum absolute atomic E-state index is 0.0711. The molecule has 3 aromatic rings. The maximum absolute atomic E-state index is 14.0. The lowest BCUT2D eigenvalue weighted by Gasteiger charge is -2.21. The van der Waals surface area contributed by atoms with Crippen molar-refractivity contribution in [2.24, 2.45) is 15.4 Å². The van der Waals surface area contributed by atoms with Gasteiger partial charge in [-0.15, -0.1) is 0 Å². The number of halogens is 1. The summed E-state index contributed by atoms with van der Waals surface area (Å²) < 4.78 is 20.3. The van der Waals surface area contributed by atoms with Crippen LogP contribution in [0, 0.1) is 11.2 Å². The van der Waals surface area contributed by atoms with Gasteiger partial charge in [0.05, 0.1) is 30.9 Å². The first-order chi connectivity index (χ1) is 15.2. The Hall–Kier alpha value is -4.02. The molecule has 0 aliphatic heterocycles. The minimum Gasteiger partial charge on any atom is -0.492 e. The quantitative estimate of drug-likeness (QED) is 0.341. The minimum atomic E-state index is -1.30. The predicted octanol–water partition coefficient (Wildman–Crippen LogP) is 2.84. The van der Waals surface area contributed by atoms with E-state index in [4.69, 9.17) is 4.74 Å². The molecule has 1 N–H and O–H groups in total. The standard InChI is InChI=1S/C21H22FN7O3/c1-12(27-19(30)17(23-4)21(2,3)20(31)32-5)16-15-6-14(22)9-26-18(15)29(28-16)10-13-7-24-11-25-8-13/h6-9,11,30H,4,10H2,1-3,5H3/b19-17+,27-12+. The van der Waals surface area contributed by atoms with Crippen molar-refractivity contribution in [3.05, 3.63) is 59.6 Å². The number of hydrogen-bond donors (Lipinski definition) is 1. The Morgan fingerprint density at radius 3 is 2.62 bits per heavy atom. The van der Waals surface area contributed by atoms with E-state index in [1.165, 1.54) is 33.4 Å². The first-order valence-electron chi connectivity index (χ1n) is 9.49. The van der Waals surface area contributed by atoms with E-state index in [2.05, 4.69) is 36.8 Å². The van der Waals surface area contributed by atoms with Gasteiger partial charge in [-0.3, -0.25) is 9.79 Å². The van der Waals surface area contributed by atoms with Gasteiger partial charge in [-0.05, 0) is 33.6 Å². The summed E-state index contributed by atoms with van der Waals surface area (Å²) in [4.78, 5) is 32.1. The molecule has 0 bridgehead atoms. The van der Waals surface area contributed by atoms with E-state index >= 15 is 0 Å². The van der Waals surface area contributed by atoms with Crippen molar-refractivity contribution in [1.29, 1.82) is 0 Å². The second kappa shape index (κ2) is 9.00. The second-order valence-corrected chi connectivity index (χ2v) is 7.42. The van der Waals surface area contributed by atoms with E-state index in [0.717, 1.165) is 11.8 Å². The molecule has 0 unspecified atom stereocenters. The third-order valence-corrected chi connectivity index (χ3v) is 4.77. The van der Waals surface area contributed by atoms with Crippen LogP contribution in [0.2, 0.25) is 0 Å². The summed E-state index contributed by atoms with van der Waals surface area (Å²) in [6, 6.07) is 1.29. The van der Waals surface area contributed by atoms with Gasteiger partial charge in [-0.1, -0.05) is 0 Å². The molecule has 0 atom stereocenters. The van der Waals surface area contributed by atoms with Gasteiger partial charge in [0.25, 0.3) is 0 Å². The van der Waals surface area contributed by atoms with Crippen LogP contribution < -0.4 is 0 Å². The number of hydrogen-bond acceptors (Lipinski definition) is 9. The Labute approximate surface area is 183 Å². The summed E-state index contributed by atoms with van der Waals surface area (Å²) in [6.45, 7) is 8.35.